The van der Waals surface area contributed by atoms with Crippen LogP contribution >= 0.6 is 0 Å². The molecule has 0 atom stereocenters. The number of nitrogens with one attached hydrogen (secondary N) is 3. The van der Waals surface area contributed by atoms with Gasteiger partial charge in [0.1, 0.15) is 5.82 Å². The van der Waals surface area contributed by atoms with Gasteiger partial charge in [0.25, 0.3) is 0 Å². The van der Waals surface area contributed by atoms with Gasteiger partial charge < -0.3 is 21.1 Å². The second kappa shape index (κ2) is 6.21. The number of anilines is 1. The molecule has 0 saturated heterocycles. The standard InChI is InChI=1S/C13H14FN3O4/c14-9-3-1-2-8(12(19)20)11(9)17-13(21)15-6-10(18)16-7-4-5-7/h1-3,7H,4-6H2,(H,16,18)(H,19,20)(H2,15,17,21). The number of amides is 3. The number of aromatic carboxylic acids is 1. The highest BCUT2D eigenvalue weighted by molar-refractivity contribution is 6.00. The quantitative estimate of drug-likeness (QED) is 0.648. The van der Waals surface area contributed by atoms with E-state index in [1.807, 2.05) is 0 Å². The zero-order chi connectivity index (χ0) is 15.4. The molecule has 4 N–H and O–H groups in total. The largest absolute Gasteiger partial charge is 0.478 e. The van der Waals surface area contributed by atoms with Crippen LogP contribution in [-0.2, 0) is 4.79 Å². The normalized spacial score (nSPS) is 13.4. The Hall–Kier alpha value is -2.64. The molecule has 1 aliphatic rings. The molecule has 1 fully saturated rings. The van der Waals surface area contributed by atoms with Crippen molar-refractivity contribution >= 4 is 23.6 Å². The summed E-state index contributed by atoms with van der Waals surface area (Å²) in [5.41, 5.74) is -0.808. The summed E-state index contributed by atoms with van der Waals surface area (Å²) < 4.78 is 13.6. The minimum absolute atomic E-state index is 0.174. The minimum atomic E-state index is -1.36. The zero-order valence-electron chi connectivity index (χ0n) is 11.0. The fourth-order valence-corrected chi connectivity index (χ4v) is 1.65. The van der Waals surface area contributed by atoms with Gasteiger partial charge in [-0.1, -0.05) is 6.07 Å². The molecular weight excluding hydrogens is 281 g/mol. The molecule has 0 aliphatic heterocycles. The molecule has 1 aromatic rings. The highest BCUT2D eigenvalue weighted by atomic mass is 19.1. The van der Waals surface area contributed by atoms with Crippen LogP contribution in [0.1, 0.15) is 23.2 Å². The number of carbonyl (C=O) groups excluding carboxylic acids is 2. The first-order valence-corrected chi connectivity index (χ1v) is 6.33. The van der Waals surface area contributed by atoms with Gasteiger partial charge in [-0.3, -0.25) is 4.79 Å². The van der Waals surface area contributed by atoms with Crippen molar-refractivity contribution in [3.63, 3.8) is 0 Å². The molecule has 1 aromatic carbocycles. The molecule has 112 valence electrons. The van der Waals surface area contributed by atoms with Crippen molar-refractivity contribution in [3.8, 4) is 0 Å². The maximum atomic E-state index is 13.6. The molecule has 21 heavy (non-hydrogen) atoms. The van der Waals surface area contributed by atoms with E-state index in [-0.39, 0.29) is 24.1 Å². The average Bonchev–Trinajstić information content (AvgIpc) is 3.22. The van der Waals surface area contributed by atoms with Crippen LogP contribution in [0.15, 0.2) is 18.2 Å². The molecule has 1 saturated carbocycles. The van der Waals surface area contributed by atoms with E-state index < -0.39 is 23.5 Å². The first-order valence-electron chi connectivity index (χ1n) is 6.33. The Morgan fingerprint density at radius 2 is 2.00 bits per heavy atom. The smallest absolute Gasteiger partial charge is 0.337 e. The fraction of sp³-hybridized carbons (Fsp3) is 0.308. The van der Waals surface area contributed by atoms with Crippen LogP contribution in [-0.4, -0.2) is 35.6 Å². The van der Waals surface area contributed by atoms with Crippen molar-refractivity contribution in [2.75, 3.05) is 11.9 Å². The maximum absolute atomic E-state index is 13.6. The second-order valence-corrected chi connectivity index (χ2v) is 4.62. The third kappa shape index (κ3) is 4.16. The molecule has 3 amide bonds. The monoisotopic (exact) mass is 295 g/mol. The SMILES string of the molecule is O=C(CNC(=O)Nc1c(F)cccc1C(=O)O)NC1CC1. The molecule has 2 rings (SSSR count). The van der Waals surface area contributed by atoms with E-state index in [0.717, 1.165) is 18.9 Å². The van der Waals surface area contributed by atoms with Crippen LogP contribution in [0.4, 0.5) is 14.9 Å². The van der Waals surface area contributed by atoms with E-state index in [4.69, 9.17) is 5.11 Å². The van der Waals surface area contributed by atoms with Crippen molar-refractivity contribution in [3.05, 3.63) is 29.6 Å². The second-order valence-electron chi connectivity index (χ2n) is 4.62. The third-order valence-electron chi connectivity index (χ3n) is 2.83. The van der Waals surface area contributed by atoms with E-state index in [9.17, 15) is 18.8 Å². The number of hydrogen-bond donors (Lipinski definition) is 4. The zero-order valence-corrected chi connectivity index (χ0v) is 11.0. The van der Waals surface area contributed by atoms with Crippen molar-refractivity contribution in [1.29, 1.82) is 0 Å². The Morgan fingerprint density at radius 3 is 2.62 bits per heavy atom. The van der Waals surface area contributed by atoms with Crippen LogP contribution in [0.25, 0.3) is 0 Å². The lowest BCUT2D eigenvalue weighted by molar-refractivity contribution is -0.120. The molecule has 0 unspecified atom stereocenters. The van der Waals surface area contributed by atoms with Crippen molar-refractivity contribution in [1.82, 2.24) is 10.6 Å². The fourth-order valence-electron chi connectivity index (χ4n) is 1.65. The summed E-state index contributed by atoms with van der Waals surface area (Å²) >= 11 is 0. The highest BCUT2D eigenvalue weighted by Crippen LogP contribution is 2.20. The molecule has 0 radical (unpaired) electrons. The number of rotatable bonds is 5. The number of hydrogen-bond acceptors (Lipinski definition) is 3. The van der Waals surface area contributed by atoms with Gasteiger partial charge in [0.2, 0.25) is 5.91 Å². The van der Waals surface area contributed by atoms with Crippen molar-refractivity contribution < 1.29 is 23.9 Å². The van der Waals surface area contributed by atoms with Gasteiger partial charge in [-0.05, 0) is 25.0 Å². The summed E-state index contributed by atoms with van der Waals surface area (Å²) in [6, 6.07) is 2.74. The Morgan fingerprint density at radius 1 is 1.29 bits per heavy atom. The summed E-state index contributed by atoms with van der Waals surface area (Å²) in [7, 11) is 0. The first kappa shape index (κ1) is 14.8. The van der Waals surface area contributed by atoms with Gasteiger partial charge in [0, 0.05) is 6.04 Å². The maximum Gasteiger partial charge on any atom is 0.337 e. The molecule has 8 heteroatoms. The number of carboxylic acids is 1. The summed E-state index contributed by atoms with van der Waals surface area (Å²) in [5.74, 6) is -2.58. The third-order valence-corrected chi connectivity index (χ3v) is 2.83. The van der Waals surface area contributed by atoms with Crippen molar-refractivity contribution in [2.45, 2.75) is 18.9 Å². The van der Waals surface area contributed by atoms with Crippen LogP contribution in [0.2, 0.25) is 0 Å². The predicted molar refractivity (Wildman–Crippen MR) is 71.5 cm³/mol. The average molecular weight is 295 g/mol. The van der Waals surface area contributed by atoms with Gasteiger partial charge in [-0.25, -0.2) is 14.0 Å². The van der Waals surface area contributed by atoms with E-state index in [0.29, 0.717) is 0 Å². The summed E-state index contributed by atoms with van der Waals surface area (Å²) in [5, 5.41) is 15.9. The van der Waals surface area contributed by atoms with E-state index in [1.165, 1.54) is 12.1 Å². The number of benzene rings is 1. The van der Waals surface area contributed by atoms with Crippen molar-refractivity contribution in [2.24, 2.45) is 0 Å². The summed E-state index contributed by atoms with van der Waals surface area (Å²) in [6.07, 6.45) is 1.85. The summed E-state index contributed by atoms with van der Waals surface area (Å²) in [4.78, 5) is 33.9. The predicted octanol–water partition coefficient (Wildman–Crippen LogP) is 0.924. The van der Waals surface area contributed by atoms with Crippen LogP contribution in [0, 0.1) is 5.82 Å². The van der Waals surface area contributed by atoms with Crippen LogP contribution in [0.5, 0.6) is 0 Å². The lowest BCUT2D eigenvalue weighted by atomic mass is 10.1. The molecule has 0 aromatic heterocycles. The van der Waals surface area contributed by atoms with Gasteiger partial charge in [-0.15, -0.1) is 0 Å². The van der Waals surface area contributed by atoms with Crippen LogP contribution in [0.3, 0.4) is 0 Å². The minimum Gasteiger partial charge on any atom is -0.478 e. The number of para-hydroxylation sites is 1. The van der Waals surface area contributed by atoms with Gasteiger partial charge in [0.15, 0.2) is 0 Å². The molecule has 0 bridgehead atoms. The number of carboxylic acid groups (broad SMARTS) is 1. The van der Waals surface area contributed by atoms with Crippen LogP contribution < -0.4 is 16.0 Å². The first-order chi connectivity index (χ1) is 9.97. The Bertz CT molecular complexity index is 587. The van der Waals surface area contributed by atoms with E-state index in [2.05, 4.69) is 16.0 Å². The topological polar surface area (TPSA) is 108 Å². The van der Waals surface area contributed by atoms with Gasteiger partial charge in [0.05, 0.1) is 17.8 Å². The number of carbonyl (C=O) groups is 3. The van der Waals surface area contributed by atoms with E-state index >= 15 is 0 Å². The molecule has 0 heterocycles. The Balaban J connectivity index is 1.92. The Labute approximate surface area is 119 Å². The summed E-state index contributed by atoms with van der Waals surface area (Å²) in [6.45, 7) is -0.265. The van der Waals surface area contributed by atoms with E-state index in [1.54, 1.807) is 0 Å². The molecule has 7 nitrogen and oxygen atoms in total. The lowest BCUT2D eigenvalue weighted by Gasteiger charge is -2.10. The lowest BCUT2D eigenvalue weighted by Crippen LogP contribution is -2.39. The molecule has 1 aliphatic carbocycles. The number of urea groups is 1. The van der Waals surface area contributed by atoms with Gasteiger partial charge in [-0.2, -0.15) is 0 Å². The Kier molecular flexibility index (Phi) is 4.36. The molecular formula is C13H14FN3O4. The molecule has 0 spiro atoms. The highest BCUT2D eigenvalue weighted by Gasteiger charge is 2.23. The van der Waals surface area contributed by atoms with Gasteiger partial charge >= 0.3 is 12.0 Å². The number of halogens is 1.